The zero-order valence-corrected chi connectivity index (χ0v) is 10.7. The molecule has 0 radical (unpaired) electrons. The zero-order chi connectivity index (χ0) is 11.8. The third kappa shape index (κ3) is 1.99. The van der Waals surface area contributed by atoms with Crippen LogP contribution >= 0.6 is 15.9 Å². The van der Waals surface area contributed by atoms with E-state index in [4.69, 9.17) is 10.5 Å². The molecule has 0 amide bonds. The molecule has 3 nitrogen and oxygen atoms in total. The minimum atomic E-state index is -0.809. The molecular formula is C12H14BrNO2. The quantitative estimate of drug-likeness (QED) is 0.866. The fourth-order valence-corrected chi connectivity index (χ4v) is 2.33. The number of hydrogen-bond donors (Lipinski definition) is 1. The molecule has 2 unspecified atom stereocenters. The normalized spacial score (nSPS) is 27.6. The Hall–Kier alpha value is -0.870. The average Bonchev–Trinajstić information content (AvgIpc) is 2.93. The molecule has 1 aromatic rings. The Balaban J connectivity index is 2.13. The lowest BCUT2D eigenvalue weighted by Gasteiger charge is -2.10. The van der Waals surface area contributed by atoms with Crippen molar-refractivity contribution in [3.63, 3.8) is 0 Å². The number of esters is 1. The Morgan fingerprint density at radius 1 is 1.69 bits per heavy atom. The second kappa shape index (κ2) is 4.18. The average molecular weight is 284 g/mol. The van der Waals surface area contributed by atoms with Gasteiger partial charge in [0.2, 0.25) is 0 Å². The van der Waals surface area contributed by atoms with Crippen molar-refractivity contribution in [2.75, 3.05) is 6.61 Å². The first-order valence-electron chi connectivity index (χ1n) is 5.29. The summed E-state index contributed by atoms with van der Waals surface area (Å²) in [5.41, 5.74) is 6.29. The van der Waals surface area contributed by atoms with Crippen LogP contribution in [0.5, 0.6) is 0 Å². The maximum Gasteiger partial charge on any atom is 0.326 e. The van der Waals surface area contributed by atoms with Gasteiger partial charge in [0.05, 0.1) is 6.61 Å². The number of rotatable bonds is 3. The van der Waals surface area contributed by atoms with E-state index in [1.54, 1.807) is 6.92 Å². The lowest BCUT2D eigenvalue weighted by molar-refractivity contribution is -0.145. The number of ether oxygens (including phenoxy) is 1. The van der Waals surface area contributed by atoms with Crippen LogP contribution in [-0.2, 0) is 9.53 Å². The molecule has 2 rings (SSSR count). The molecule has 1 aliphatic rings. The molecule has 0 spiro atoms. The second-order valence-corrected chi connectivity index (χ2v) is 4.99. The molecule has 0 heterocycles. The van der Waals surface area contributed by atoms with Crippen molar-refractivity contribution in [3.8, 4) is 0 Å². The lowest BCUT2D eigenvalue weighted by Crippen LogP contribution is -2.36. The summed E-state index contributed by atoms with van der Waals surface area (Å²) < 4.78 is 5.98. The lowest BCUT2D eigenvalue weighted by atomic mass is 10.1. The van der Waals surface area contributed by atoms with E-state index in [-0.39, 0.29) is 11.9 Å². The van der Waals surface area contributed by atoms with Crippen LogP contribution in [-0.4, -0.2) is 18.1 Å². The van der Waals surface area contributed by atoms with Gasteiger partial charge in [0, 0.05) is 10.4 Å². The van der Waals surface area contributed by atoms with Gasteiger partial charge in [-0.25, -0.2) is 0 Å². The van der Waals surface area contributed by atoms with Crippen molar-refractivity contribution in [2.45, 2.75) is 24.8 Å². The van der Waals surface area contributed by atoms with Crippen LogP contribution in [0.4, 0.5) is 0 Å². The number of carbonyl (C=O) groups is 1. The summed E-state index contributed by atoms with van der Waals surface area (Å²) in [5.74, 6) is -0.205. The molecule has 2 N–H and O–H groups in total. The van der Waals surface area contributed by atoms with Crippen molar-refractivity contribution in [1.29, 1.82) is 0 Å². The third-order valence-corrected chi connectivity index (χ3v) is 3.40. The molecule has 0 bridgehead atoms. The van der Waals surface area contributed by atoms with Crippen LogP contribution in [0.3, 0.4) is 0 Å². The molecule has 0 aliphatic heterocycles. The SMILES string of the molecule is CCOC(=O)C1(N)CC1c1cccc(Br)c1. The molecule has 4 heteroatoms. The van der Waals surface area contributed by atoms with Crippen molar-refractivity contribution >= 4 is 21.9 Å². The molecule has 1 fully saturated rings. The molecule has 1 saturated carbocycles. The first-order chi connectivity index (χ1) is 7.58. The van der Waals surface area contributed by atoms with Gasteiger partial charge in [0.1, 0.15) is 5.54 Å². The van der Waals surface area contributed by atoms with Crippen LogP contribution in [0.15, 0.2) is 28.7 Å². The molecule has 1 aliphatic carbocycles. The predicted molar refractivity (Wildman–Crippen MR) is 65.1 cm³/mol. The maximum atomic E-state index is 11.6. The van der Waals surface area contributed by atoms with E-state index in [0.29, 0.717) is 13.0 Å². The predicted octanol–water partition coefficient (Wildman–Crippen LogP) is 2.20. The highest BCUT2D eigenvalue weighted by atomic mass is 79.9. The minimum Gasteiger partial charge on any atom is -0.465 e. The fraction of sp³-hybridized carbons (Fsp3) is 0.417. The van der Waals surface area contributed by atoms with Gasteiger partial charge in [-0.15, -0.1) is 0 Å². The summed E-state index contributed by atoms with van der Waals surface area (Å²) in [6, 6.07) is 7.89. The van der Waals surface area contributed by atoms with Gasteiger partial charge in [-0.05, 0) is 31.0 Å². The summed E-state index contributed by atoms with van der Waals surface area (Å²) in [6.07, 6.45) is 0.669. The van der Waals surface area contributed by atoms with E-state index < -0.39 is 5.54 Å². The maximum absolute atomic E-state index is 11.6. The second-order valence-electron chi connectivity index (χ2n) is 4.07. The monoisotopic (exact) mass is 283 g/mol. The summed E-state index contributed by atoms with van der Waals surface area (Å²) >= 11 is 3.41. The third-order valence-electron chi connectivity index (χ3n) is 2.91. The molecule has 1 aromatic carbocycles. The van der Waals surface area contributed by atoms with Gasteiger partial charge >= 0.3 is 5.97 Å². The first kappa shape index (κ1) is 11.6. The Morgan fingerprint density at radius 3 is 3.06 bits per heavy atom. The van der Waals surface area contributed by atoms with Gasteiger partial charge in [0.15, 0.2) is 0 Å². The largest absolute Gasteiger partial charge is 0.465 e. The Labute approximate surface area is 103 Å². The Kier molecular flexibility index (Phi) is 3.04. The molecule has 0 aromatic heterocycles. The van der Waals surface area contributed by atoms with Gasteiger partial charge in [0.25, 0.3) is 0 Å². The Bertz CT molecular complexity index is 421. The van der Waals surface area contributed by atoms with E-state index in [1.807, 2.05) is 24.3 Å². The van der Waals surface area contributed by atoms with Crippen LogP contribution in [0.2, 0.25) is 0 Å². The van der Waals surface area contributed by atoms with Gasteiger partial charge in [-0.1, -0.05) is 28.1 Å². The zero-order valence-electron chi connectivity index (χ0n) is 9.07. The molecule has 0 saturated heterocycles. The number of nitrogens with two attached hydrogens (primary N) is 1. The topological polar surface area (TPSA) is 52.3 Å². The molecule has 16 heavy (non-hydrogen) atoms. The number of carbonyl (C=O) groups excluding carboxylic acids is 1. The van der Waals surface area contributed by atoms with E-state index in [1.165, 1.54) is 0 Å². The minimum absolute atomic E-state index is 0.0871. The van der Waals surface area contributed by atoms with Crippen LogP contribution in [0, 0.1) is 0 Å². The highest BCUT2D eigenvalue weighted by molar-refractivity contribution is 9.10. The molecule has 86 valence electrons. The highest BCUT2D eigenvalue weighted by Gasteiger charge is 2.59. The summed E-state index contributed by atoms with van der Waals surface area (Å²) in [4.78, 5) is 11.6. The highest BCUT2D eigenvalue weighted by Crippen LogP contribution is 2.50. The smallest absolute Gasteiger partial charge is 0.326 e. The van der Waals surface area contributed by atoms with Crippen LogP contribution < -0.4 is 5.73 Å². The number of benzene rings is 1. The van der Waals surface area contributed by atoms with E-state index in [9.17, 15) is 4.79 Å². The van der Waals surface area contributed by atoms with E-state index in [0.717, 1.165) is 10.0 Å². The van der Waals surface area contributed by atoms with E-state index >= 15 is 0 Å². The van der Waals surface area contributed by atoms with Crippen molar-refractivity contribution in [2.24, 2.45) is 5.73 Å². The summed E-state index contributed by atoms with van der Waals surface area (Å²) in [6.45, 7) is 2.17. The number of halogens is 1. The van der Waals surface area contributed by atoms with Crippen molar-refractivity contribution < 1.29 is 9.53 Å². The van der Waals surface area contributed by atoms with Crippen LogP contribution in [0.25, 0.3) is 0 Å². The van der Waals surface area contributed by atoms with Gasteiger partial charge < -0.3 is 10.5 Å². The molecule has 2 atom stereocenters. The summed E-state index contributed by atoms with van der Waals surface area (Å²) in [5, 5.41) is 0. The van der Waals surface area contributed by atoms with Gasteiger partial charge in [-0.3, -0.25) is 4.79 Å². The molecular weight excluding hydrogens is 270 g/mol. The van der Waals surface area contributed by atoms with Crippen LogP contribution in [0.1, 0.15) is 24.8 Å². The van der Waals surface area contributed by atoms with E-state index in [2.05, 4.69) is 15.9 Å². The summed E-state index contributed by atoms with van der Waals surface area (Å²) in [7, 11) is 0. The fourth-order valence-electron chi connectivity index (χ4n) is 1.91. The standard InChI is InChI=1S/C12H14BrNO2/c1-2-16-11(15)12(14)7-10(12)8-4-3-5-9(13)6-8/h3-6,10H,2,7,14H2,1H3. The Morgan fingerprint density at radius 2 is 2.44 bits per heavy atom. The van der Waals surface area contributed by atoms with Crippen molar-refractivity contribution in [3.05, 3.63) is 34.3 Å². The van der Waals surface area contributed by atoms with Gasteiger partial charge in [-0.2, -0.15) is 0 Å². The number of hydrogen-bond acceptors (Lipinski definition) is 3. The van der Waals surface area contributed by atoms with Crippen molar-refractivity contribution in [1.82, 2.24) is 0 Å². The first-order valence-corrected chi connectivity index (χ1v) is 6.09.